The number of hydrogen-bond acceptors (Lipinski definition) is 2. The van der Waals surface area contributed by atoms with Crippen LogP contribution in [-0.2, 0) is 17.4 Å². The lowest BCUT2D eigenvalue weighted by molar-refractivity contribution is -0.137. The van der Waals surface area contributed by atoms with Gasteiger partial charge in [0.1, 0.15) is 0 Å². The third kappa shape index (κ3) is 4.20. The molecule has 0 atom stereocenters. The minimum atomic E-state index is -4.34. The summed E-state index contributed by atoms with van der Waals surface area (Å²) in [6.07, 6.45) is -2.38. The number of benzene rings is 1. The van der Waals surface area contributed by atoms with Crippen molar-refractivity contribution in [3.8, 4) is 0 Å². The Hall–Kier alpha value is -1.56. The largest absolute Gasteiger partial charge is 0.416 e. The number of carbonyl (C=O) groups excluding carboxylic acids is 1. The van der Waals surface area contributed by atoms with E-state index in [9.17, 15) is 18.0 Å². The zero-order valence-electron chi connectivity index (χ0n) is 11.9. The van der Waals surface area contributed by atoms with Gasteiger partial charge < -0.3 is 10.2 Å². The average Bonchev–Trinajstić information content (AvgIpc) is 2.47. The quantitative estimate of drug-likeness (QED) is 0.930. The van der Waals surface area contributed by atoms with Crippen molar-refractivity contribution >= 4 is 5.91 Å². The number of hydrogen-bond donors (Lipinski definition) is 1. The van der Waals surface area contributed by atoms with Crippen LogP contribution < -0.4 is 5.32 Å². The summed E-state index contributed by atoms with van der Waals surface area (Å²) >= 11 is 0. The fourth-order valence-corrected chi connectivity index (χ4v) is 2.51. The molecular weight excluding hydrogens is 281 g/mol. The van der Waals surface area contributed by atoms with Crippen molar-refractivity contribution in [2.75, 3.05) is 20.1 Å². The Labute approximate surface area is 122 Å². The number of piperidine rings is 1. The maximum atomic E-state index is 12.5. The molecule has 1 heterocycles. The summed E-state index contributed by atoms with van der Waals surface area (Å²) in [4.78, 5) is 13.9. The lowest BCUT2D eigenvalue weighted by Crippen LogP contribution is -2.44. The Morgan fingerprint density at radius 2 is 1.81 bits per heavy atom. The van der Waals surface area contributed by atoms with Gasteiger partial charge in [-0.1, -0.05) is 12.1 Å². The molecule has 1 aromatic carbocycles. The standard InChI is InChI=1S/C15H19F3N2O/c1-20(13-6-8-19-9-7-13)14(21)10-11-2-4-12(5-3-11)15(16,17)18/h2-5,13,19H,6-10H2,1H3. The van der Waals surface area contributed by atoms with E-state index in [1.165, 1.54) is 12.1 Å². The predicted octanol–water partition coefficient (Wildman–Crippen LogP) is 2.46. The summed E-state index contributed by atoms with van der Waals surface area (Å²) in [7, 11) is 1.77. The minimum Gasteiger partial charge on any atom is -0.342 e. The van der Waals surface area contributed by atoms with E-state index in [-0.39, 0.29) is 18.4 Å². The van der Waals surface area contributed by atoms with Crippen molar-refractivity contribution < 1.29 is 18.0 Å². The van der Waals surface area contributed by atoms with Crippen LogP contribution in [0.4, 0.5) is 13.2 Å². The molecule has 1 amide bonds. The van der Waals surface area contributed by atoms with Crippen LogP contribution in [0.25, 0.3) is 0 Å². The molecule has 6 heteroatoms. The zero-order chi connectivity index (χ0) is 15.5. The molecule has 1 saturated heterocycles. The van der Waals surface area contributed by atoms with Crippen molar-refractivity contribution in [3.05, 3.63) is 35.4 Å². The molecule has 1 aliphatic heterocycles. The van der Waals surface area contributed by atoms with Gasteiger partial charge in [-0.25, -0.2) is 0 Å². The smallest absolute Gasteiger partial charge is 0.342 e. The van der Waals surface area contributed by atoms with E-state index in [2.05, 4.69) is 5.32 Å². The molecule has 0 saturated carbocycles. The number of alkyl halides is 3. The third-order valence-corrected chi connectivity index (χ3v) is 3.89. The van der Waals surface area contributed by atoms with Crippen LogP contribution in [0.1, 0.15) is 24.0 Å². The molecule has 0 aliphatic carbocycles. The van der Waals surface area contributed by atoms with Gasteiger partial charge >= 0.3 is 6.18 Å². The fourth-order valence-electron chi connectivity index (χ4n) is 2.51. The van der Waals surface area contributed by atoms with E-state index in [1.807, 2.05) is 0 Å². The molecule has 0 bridgehead atoms. The molecule has 0 spiro atoms. The Morgan fingerprint density at radius 1 is 1.24 bits per heavy atom. The highest BCUT2D eigenvalue weighted by Gasteiger charge is 2.30. The van der Waals surface area contributed by atoms with Gasteiger partial charge in [-0.15, -0.1) is 0 Å². The summed E-state index contributed by atoms with van der Waals surface area (Å²) < 4.78 is 37.4. The minimum absolute atomic E-state index is 0.0540. The number of nitrogens with one attached hydrogen (secondary N) is 1. The lowest BCUT2D eigenvalue weighted by atomic mass is 10.0. The van der Waals surface area contributed by atoms with E-state index in [0.29, 0.717) is 5.56 Å². The summed E-state index contributed by atoms with van der Waals surface area (Å²) in [5.41, 5.74) is -0.0841. The second-order valence-electron chi connectivity index (χ2n) is 5.36. The van der Waals surface area contributed by atoms with Crippen LogP contribution in [-0.4, -0.2) is 37.0 Å². The van der Waals surface area contributed by atoms with Crippen LogP contribution in [0.2, 0.25) is 0 Å². The van der Waals surface area contributed by atoms with Crippen LogP contribution in [0.15, 0.2) is 24.3 Å². The highest BCUT2D eigenvalue weighted by Crippen LogP contribution is 2.29. The molecule has 0 radical (unpaired) electrons. The number of halogens is 3. The van der Waals surface area contributed by atoms with Gasteiger partial charge in [0.05, 0.1) is 12.0 Å². The number of carbonyl (C=O) groups is 1. The van der Waals surface area contributed by atoms with Gasteiger partial charge in [0, 0.05) is 13.1 Å². The Morgan fingerprint density at radius 3 is 2.33 bits per heavy atom. The number of amides is 1. The second-order valence-corrected chi connectivity index (χ2v) is 5.36. The van der Waals surface area contributed by atoms with Gasteiger partial charge in [-0.05, 0) is 43.6 Å². The number of likely N-dealkylation sites (N-methyl/N-ethyl adjacent to an activating group) is 1. The van der Waals surface area contributed by atoms with Gasteiger partial charge in [0.2, 0.25) is 5.91 Å². The van der Waals surface area contributed by atoms with Gasteiger partial charge in [-0.3, -0.25) is 4.79 Å². The maximum Gasteiger partial charge on any atom is 0.416 e. The Bertz CT molecular complexity index is 479. The maximum absolute atomic E-state index is 12.5. The molecule has 116 valence electrons. The first-order chi connectivity index (χ1) is 9.88. The lowest BCUT2D eigenvalue weighted by Gasteiger charge is -2.31. The molecule has 3 nitrogen and oxygen atoms in total. The molecule has 1 fully saturated rings. The molecule has 0 unspecified atom stereocenters. The topological polar surface area (TPSA) is 32.3 Å². The predicted molar refractivity (Wildman–Crippen MR) is 73.8 cm³/mol. The average molecular weight is 300 g/mol. The Kier molecular flexibility index (Phi) is 4.88. The normalized spacial score (nSPS) is 16.8. The first kappa shape index (κ1) is 15.8. The van der Waals surface area contributed by atoms with Crippen molar-refractivity contribution in [1.29, 1.82) is 0 Å². The molecule has 21 heavy (non-hydrogen) atoms. The molecule has 1 aliphatic rings. The highest BCUT2D eigenvalue weighted by atomic mass is 19.4. The van der Waals surface area contributed by atoms with E-state index in [0.717, 1.165) is 38.1 Å². The van der Waals surface area contributed by atoms with Crippen LogP contribution in [0.3, 0.4) is 0 Å². The fraction of sp³-hybridized carbons (Fsp3) is 0.533. The monoisotopic (exact) mass is 300 g/mol. The van der Waals surface area contributed by atoms with E-state index in [4.69, 9.17) is 0 Å². The van der Waals surface area contributed by atoms with Crippen molar-refractivity contribution in [2.45, 2.75) is 31.5 Å². The second kappa shape index (κ2) is 6.47. The van der Waals surface area contributed by atoms with Gasteiger partial charge in [0.25, 0.3) is 0 Å². The van der Waals surface area contributed by atoms with Gasteiger partial charge in [-0.2, -0.15) is 13.2 Å². The zero-order valence-corrected chi connectivity index (χ0v) is 11.9. The Balaban J connectivity index is 1.95. The van der Waals surface area contributed by atoms with Crippen LogP contribution >= 0.6 is 0 Å². The molecule has 1 N–H and O–H groups in total. The molecule has 2 rings (SSSR count). The first-order valence-electron chi connectivity index (χ1n) is 7.00. The van der Waals surface area contributed by atoms with Crippen molar-refractivity contribution in [3.63, 3.8) is 0 Å². The van der Waals surface area contributed by atoms with E-state index < -0.39 is 11.7 Å². The van der Waals surface area contributed by atoms with Crippen LogP contribution in [0, 0.1) is 0 Å². The molecule has 1 aromatic rings. The summed E-state index contributed by atoms with van der Waals surface area (Å²) in [5, 5.41) is 3.23. The van der Waals surface area contributed by atoms with Gasteiger partial charge in [0.15, 0.2) is 0 Å². The van der Waals surface area contributed by atoms with E-state index in [1.54, 1.807) is 11.9 Å². The van der Waals surface area contributed by atoms with Crippen molar-refractivity contribution in [2.24, 2.45) is 0 Å². The highest BCUT2D eigenvalue weighted by molar-refractivity contribution is 5.78. The summed E-state index contributed by atoms with van der Waals surface area (Å²) in [6, 6.07) is 5.00. The first-order valence-corrected chi connectivity index (χ1v) is 7.00. The molecule has 0 aromatic heterocycles. The number of rotatable bonds is 3. The summed E-state index contributed by atoms with van der Waals surface area (Å²) in [6.45, 7) is 1.78. The van der Waals surface area contributed by atoms with E-state index >= 15 is 0 Å². The van der Waals surface area contributed by atoms with Crippen molar-refractivity contribution in [1.82, 2.24) is 10.2 Å². The number of nitrogens with zero attached hydrogens (tertiary/aromatic N) is 1. The van der Waals surface area contributed by atoms with Crippen LogP contribution in [0.5, 0.6) is 0 Å². The molecular formula is C15H19F3N2O. The SMILES string of the molecule is CN(C(=O)Cc1ccc(C(F)(F)F)cc1)C1CCNCC1. The summed E-state index contributed by atoms with van der Waals surface area (Å²) in [5.74, 6) is -0.0540. The third-order valence-electron chi connectivity index (χ3n) is 3.89.